The Balaban J connectivity index is 1.63. The molecule has 3 saturated carbocycles. The molecule has 0 aromatic carbocycles. The molecule has 0 bridgehead atoms. The number of ketones is 1. The van der Waals surface area contributed by atoms with Crippen LogP contribution in [0, 0.1) is 28.6 Å². The van der Waals surface area contributed by atoms with Gasteiger partial charge in [0.25, 0.3) is 0 Å². The fourth-order valence-corrected chi connectivity index (χ4v) is 6.74. The van der Waals surface area contributed by atoms with E-state index < -0.39 is 6.16 Å². The van der Waals surface area contributed by atoms with Crippen molar-refractivity contribution in [2.24, 2.45) is 28.6 Å². The monoisotopic (exact) mass is 332 g/mol. The molecule has 24 heavy (non-hydrogen) atoms. The molecule has 0 saturated heterocycles. The van der Waals surface area contributed by atoms with E-state index in [1.807, 2.05) is 0 Å². The second-order valence-electron chi connectivity index (χ2n) is 8.97. The number of carbonyl (C=O) groups is 2. The molecule has 0 heterocycles. The van der Waals surface area contributed by atoms with Gasteiger partial charge in [-0.1, -0.05) is 25.5 Å². The Morgan fingerprint density at radius 2 is 2.00 bits per heavy atom. The van der Waals surface area contributed by atoms with E-state index in [4.69, 9.17) is 9.84 Å². The van der Waals surface area contributed by atoms with Crippen LogP contribution in [0.2, 0.25) is 0 Å². The Morgan fingerprint density at radius 3 is 2.75 bits per heavy atom. The van der Waals surface area contributed by atoms with Crippen molar-refractivity contribution in [2.75, 3.05) is 0 Å². The van der Waals surface area contributed by atoms with Crippen molar-refractivity contribution < 1.29 is 19.4 Å². The summed E-state index contributed by atoms with van der Waals surface area (Å²) in [7, 11) is 0. The number of Topliss-reactive ketones (excluding diaryl/α,β-unsaturated/α-hetero) is 1. The Bertz CT molecular complexity index is 609. The molecule has 4 aliphatic carbocycles. The SMILES string of the molecule is C[C@]12CCC(=O)CC1=CCC1C2CC[C@@]2(C)C1CC[C@@H]2OC(=O)O. The number of allylic oxidation sites excluding steroid dienone is 2. The van der Waals surface area contributed by atoms with E-state index in [9.17, 15) is 9.59 Å². The summed E-state index contributed by atoms with van der Waals surface area (Å²) in [6.07, 6.45) is 8.65. The molecular weight excluding hydrogens is 304 g/mol. The number of carboxylic acid groups (broad SMARTS) is 1. The molecule has 0 amide bonds. The van der Waals surface area contributed by atoms with Gasteiger partial charge in [0, 0.05) is 18.3 Å². The van der Waals surface area contributed by atoms with Gasteiger partial charge in [0.05, 0.1) is 0 Å². The molecule has 4 aliphatic rings. The van der Waals surface area contributed by atoms with Crippen molar-refractivity contribution in [1.29, 1.82) is 0 Å². The van der Waals surface area contributed by atoms with Gasteiger partial charge in [0.2, 0.25) is 0 Å². The van der Waals surface area contributed by atoms with Gasteiger partial charge < -0.3 is 9.84 Å². The highest BCUT2D eigenvalue weighted by atomic mass is 16.7. The second kappa shape index (κ2) is 5.34. The number of rotatable bonds is 1. The highest BCUT2D eigenvalue weighted by molar-refractivity contribution is 5.82. The molecule has 0 aliphatic heterocycles. The molecule has 0 aromatic rings. The van der Waals surface area contributed by atoms with E-state index in [0.717, 1.165) is 44.9 Å². The normalized spacial score (nSPS) is 47.2. The summed E-state index contributed by atoms with van der Waals surface area (Å²) in [6, 6.07) is 0. The Labute approximate surface area is 143 Å². The summed E-state index contributed by atoms with van der Waals surface area (Å²) < 4.78 is 5.27. The van der Waals surface area contributed by atoms with Gasteiger partial charge in [-0.3, -0.25) is 4.79 Å². The van der Waals surface area contributed by atoms with Gasteiger partial charge in [-0.2, -0.15) is 0 Å². The van der Waals surface area contributed by atoms with Crippen molar-refractivity contribution in [3.05, 3.63) is 11.6 Å². The number of carbonyl (C=O) groups excluding carboxylic acids is 1. The number of ether oxygens (including phenoxy) is 1. The van der Waals surface area contributed by atoms with Crippen LogP contribution in [0.4, 0.5) is 4.79 Å². The van der Waals surface area contributed by atoms with Gasteiger partial charge >= 0.3 is 6.16 Å². The average Bonchev–Trinajstić information content (AvgIpc) is 2.84. The first kappa shape index (κ1) is 16.2. The minimum atomic E-state index is -1.13. The van der Waals surface area contributed by atoms with Crippen LogP contribution in [0.1, 0.15) is 65.2 Å². The standard InChI is InChI=1S/C20H28O4/c1-19-9-7-13(21)11-12(19)3-4-14-15-5-6-17(24-18(22)23)20(15,2)10-8-16(14)19/h3,14-17H,4-11H2,1-2H3,(H,22,23)/t14?,15?,16?,17-,19-,20-/m0/s1. The molecule has 6 atom stereocenters. The molecule has 132 valence electrons. The van der Waals surface area contributed by atoms with E-state index in [0.29, 0.717) is 30.0 Å². The zero-order valence-electron chi connectivity index (χ0n) is 14.7. The van der Waals surface area contributed by atoms with Crippen molar-refractivity contribution in [3.8, 4) is 0 Å². The summed E-state index contributed by atoms with van der Waals surface area (Å²) in [4.78, 5) is 22.9. The van der Waals surface area contributed by atoms with E-state index in [2.05, 4.69) is 19.9 Å². The van der Waals surface area contributed by atoms with Crippen LogP contribution in [-0.4, -0.2) is 23.1 Å². The van der Waals surface area contributed by atoms with Crippen LogP contribution in [0.15, 0.2) is 11.6 Å². The predicted molar refractivity (Wildman–Crippen MR) is 89.6 cm³/mol. The van der Waals surface area contributed by atoms with Crippen LogP contribution < -0.4 is 0 Å². The van der Waals surface area contributed by atoms with E-state index in [-0.39, 0.29) is 16.9 Å². The average molecular weight is 332 g/mol. The lowest BCUT2D eigenvalue weighted by molar-refractivity contribution is -0.122. The van der Waals surface area contributed by atoms with E-state index >= 15 is 0 Å². The van der Waals surface area contributed by atoms with Gasteiger partial charge in [-0.25, -0.2) is 4.79 Å². The first-order valence-electron chi connectivity index (χ1n) is 9.45. The number of hydrogen-bond donors (Lipinski definition) is 1. The van der Waals surface area contributed by atoms with Gasteiger partial charge in [-0.05, 0) is 61.7 Å². The third-order valence-corrected chi connectivity index (χ3v) is 8.09. The summed E-state index contributed by atoms with van der Waals surface area (Å²) >= 11 is 0. The third-order valence-electron chi connectivity index (χ3n) is 8.09. The zero-order valence-corrected chi connectivity index (χ0v) is 14.7. The maximum atomic E-state index is 11.9. The third kappa shape index (κ3) is 2.18. The predicted octanol–water partition coefficient (Wildman–Crippen LogP) is 4.58. The topological polar surface area (TPSA) is 63.6 Å². The van der Waals surface area contributed by atoms with Gasteiger partial charge in [0.15, 0.2) is 0 Å². The van der Waals surface area contributed by atoms with Crippen LogP contribution in [0.25, 0.3) is 0 Å². The lowest BCUT2D eigenvalue weighted by Gasteiger charge is -2.57. The Kier molecular flexibility index (Phi) is 3.59. The Hall–Kier alpha value is -1.32. The highest BCUT2D eigenvalue weighted by Gasteiger charge is 2.59. The minimum Gasteiger partial charge on any atom is -0.450 e. The van der Waals surface area contributed by atoms with Crippen LogP contribution in [0.5, 0.6) is 0 Å². The minimum absolute atomic E-state index is 0.00819. The molecule has 0 radical (unpaired) electrons. The number of fused-ring (bicyclic) bond motifs is 5. The molecule has 4 nitrogen and oxygen atoms in total. The van der Waals surface area contributed by atoms with Crippen molar-refractivity contribution in [1.82, 2.24) is 0 Å². The van der Waals surface area contributed by atoms with Crippen LogP contribution in [0.3, 0.4) is 0 Å². The molecule has 3 fully saturated rings. The molecule has 1 N–H and O–H groups in total. The Morgan fingerprint density at radius 1 is 1.21 bits per heavy atom. The molecule has 3 unspecified atom stereocenters. The highest BCUT2D eigenvalue weighted by Crippen LogP contribution is 2.65. The fraction of sp³-hybridized carbons (Fsp3) is 0.800. The van der Waals surface area contributed by atoms with E-state index in [1.165, 1.54) is 5.57 Å². The van der Waals surface area contributed by atoms with Crippen molar-refractivity contribution in [3.63, 3.8) is 0 Å². The lowest BCUT2D eigenvalue weighted by atomic mass is 9.48. The molecule has 4 rings (SSSR count). The molecule has 4 heteroatoms. The first-order valence-corrected chi connectivity index (χ1v) is 9.45. The second-order valence-corrected chi connectivity index (χ2v) is 8.97. The fourth-order valence-electron chi connectivity index (χ4n) is 6.74. The lowest BCUT2D eigenvalue weighted by Crippen LogP contribution is -2.51. The summed E-state index contributed by atoms with van der Waals surface area (Å²) in [6.45, 7) is 4.63. The van der Waals surface area contributed by atoms with Crippen LogP contribution in [-0.2, 0) is 9.53 Å². The van der Waals surface area contributed by atoms with E-state index in [1.54, 1.807) is 0 Å². The molecule has 0 spiro atoms. The largest absolute Gasteiger partial charge is 0.506 e. The smallest absolute Gasteiger partial charge is 0.450 e. The summed E-state index contributed by atoms with van der Waals surface area (Å²) in [5.41, 5.74) is 1.57. The maximum absolute atomic E-state index is 11.9. The van der Waals surface area contributed by atoms with Crippen molar-refractivity contribution >= 4 is 11.9 Å². The number of hydrogen-bond acceptors (Lipinski definition) is 3. The van der Waals surface area contributed by atoms with Gasteiger partial charge in [0.1, 0.15) is 11.9 Å². The van der Waals surface area contributed by atoms with Crippen molar-refractivity contribution in [2.45, 2.75) is 71.3 Å². The van der Waals surface area contributed by atoms with Gasteiger partial charge in [-0.15, -0.1) is 0 Å². The first-order chi connectivity index (χ1) is 11.3. The summed E-state index contributed by atoms with van der Waals surface area (Å²) in [5.74, 6) is 2.21. The maximum Gasteiger partial charge on any atom is 0.506 e. The zero-order chi connectivity index (χ0) is 17.1. The summed E-state index contributed by atoms with van der Waals surface area (Å²) in [5, 5.41) is 9.07. The molecular formula is C20H28O4. The quantitative estimate of drug-likeness (QED) is 0.564. The molecule has 0 aromatic heterocycles. The van der Waals surface area contributed by atoms with Crippen LogP contribution >= 0.6 is 0 Å².